The van der Waals surface area contributed by atoms with Gasteiger partial charge >= 0.3 is 0 Å². The van der Waals surface area contributed by atoms with E-state index in [-0.39, 0.29) is 11.9 Å². The van der Waals surface area contributed by atoms with E-state index in [1.807, 2.05) is 13.0 Å². The third-order valence-corrected chi connectivity index (χ3v) is 3.23. The Kier molecular flexibility index (Phi) is 3.74. The van der Waals surface area contributed by atoms with Crippen molar-refractivity contribution in [3.63, 3.8) is 0 Å². The minimum atomic E-state index is -0.381. The summed E-state index contributed by atoms with van der Waals surface area (Å²) >= 11 is 3.31. The van der Waals surface area contributed by atoms with E-state index >= 15 is 0 Å². The number of aryl methyl sites for hydroxylation is 2. The van der Waals surface area contributed by atoms with Crippen molar-refractivity contribution in [1.29, 1.82) is 0 Å². The van der Waals surface area contributed by atoms with Crippen molar-refractivity contribution in [3.8, 4) is 0 Å². The summed E-state index contributed by atoms with van der Waals surface area (Å²) in [6.45, 7) is 1.83. The molecule has 0 aliphatic carbocycles. The number of hydrogen-bond donors (Lipinski definition) is 2. The highest BCUT2D eigenvalue weighted by atomic mass is 79.9. The van der Waals surface area contributed by atoms with Gasteiger partial charge in [-0.1, -0.05) is 11.3 Å². The zero-order chi connectivity index (χ0) is 13.3. The van der Waals surface area contributed by atoms with E-state index in [0.29, 0.717) is 4.60 Å². The lowest BCUT2D eigenvalue weighted by Crippen LogP contribution is -2.30. The number of nitrogens with one attached hydrogen (secondary N) is 1. The molecule has 1 aromatic heterocycles. The third kappa shape index (κ3) is 2.43. The summed E-state index contributed by atoms with van der Waals surface area (Å²) in [5.74, 6) is 5.28. The van der Waals surface area contributed by atoms with Crippen LogP contribution in [0.3, 0.4) is 0 Å². The number of benzene rings is 1. The molecule has 0 aliphatic rings. The van der Waals surface area contributed by atoms with Crippen LogP contribution in [0.15, 0.2) is 22.8 Å². The third-order valence-electron chi connectivity index (χ3n) is 2.66. The fourth-order valence-electron chi connectivity index (χ4n) is 1.91. The average Bonchev–Trinajstić information content (AvgIpc) is 2.61. The molecule has 3 N–H and O–H groups in total. The van der Waals surface area contributed by atoms with Gasteiger partial charge in [0.15, 0.2) is 4.60 Å². The fraction of sp³-hybridized carbons (Fsp3) is 0.273. The van der Waals surface area contributed by atoms with Crippen LogP contribution in [-0.2, 0) is 7.05 Å². The normalized spacial score (nSPS) is 12.7. The Morgan fingerprint density at radius 2 is 2.17 bits per heavy atom. The first kappa shape index (κ1) is 13.1. The number of halogens is 2. The average molecular weight is 314 g/mol. The molecule has 2 aromatic rings. The van der Waals surface area contributed by atoms with Crippen LogP contribution < -0.4 is 11.3 Å². The first-order valence-electron chi connectivity index (χ1n) is 5.31. The molecule has 0 saturated carbocycles. The molecule has 0 radical (unpaired) electrons. The molecule has 5 nitrogen and oxygen atoms in total. The zero-order valence-electron chi connectivity index (χ0n) is 9.98. The van der Waals surface area contributed by atoms with Crippen LogP contribution in [0.4, 0.5) is 4.39 Å². The molecule has 96 valence electrons. The minimum absolute atomic E-state index is 0.295. The molecule has 1 aromatic carbocycles. The Balaban J connectivity index is 2.52. The second-order valence-corrected chi connectivity index (χ2v) is 4.80. The molecular weight excluding hydrogens is 301 g/mol. The molecule has 1 atom stereocenters. The van der Waals surface area contributed by atoms with Crippen molar-refractivity contribution < 1.29 is 4.39 Å². The van der Waals surface area contributed by atoms with Crippen molar-refractivity contribution in [2.75, 3.05) is 0 Å². The molecule has 18 heavy (non-hydrogen) atoms. The Bertz CT molecular complexity index is 529. The number of rotatable bonds is 3. The lowest BCUT2D eigenvalue weighted by molar-refractivity contribution is 0.561. The van der Waals surface area contributed by atoms with Crippen LogP contribution >= 0.6 is 15.9 Å². The van der Waals surface area contributed by atoms with Crippen molar-refractivity contribution >= 4 is 15.9 Å². The molecule has 1 heterocycles. The van der Waals surface area contributed by atoms with Gasteiger partial charge in [0, 0.05) is 7.05 Å². The molecule has 0 saturated heterocycles. The lowest BCUT2D eigenvalue weighted by Gasteiger charge is -2.17. The number of hydrogen-bond acceptors (Lipinski definition) is 4. The Hall–Kier alpha value is -1.31. The number of nitrogens with zero attached hydrogens (tertiary/aromatic N) is 3. The summed E-state index contributed by atoms with van der Waals surface area (Å²) < 4.78 is 15.6. The quantitative estimate of drug-likeness (QED) is 0.667. The largest absolute Gasteiger partial charge is 0.271 e. The maximum absolute atomic E-state index is 13.4. The standard InChI is InChI=1S/C11H13BrFN5/c1-6-3-7(5-8(13)4-6)9(15-14)10-11(12)16-17-18(10)2/h3-5,9,15H,14H2,1-2H3. The molecular formula is C11H13BrFN5. The van der Waals surface area contributed by atoms with Crippen LogP contribution in [0.2, 0.25) is 0 Å². The molecule has 1 unspecified atom stereocenters. The summed E-state index contributed by atoms with van der Waals surface area (Å²) in [5, 5.41) is 7.78. The van der Waals surface area contributed by atoms with Crippen LogP contribution in [0.5, 0.6) is 0 Å². The van der Waals surface area contributed by atoms with Crippen LogP contribution in [0.1, 0.15) is 22.9 Å². The van der Waals surface area contributed by atoms with Gasteiger partial charge in [-0.3, -0.25) is 5.84 Å². The van der Waals surface area contributed by atoms with E-state index in [1.54, 1.807) is 11.7 Å². The lowest BCUT2D eigenvalue weighted by atomic mass is 10.0. The predicted octanol–water partition coefficient (Wildman–Crippen LogP) is 1.58. The van der Waals surface area contributed by atoms with Gasteiger partial charge in [0.05, 0.1) is 11.7 Å². The van der Waals surface area contributed by atoms with Crippen LogP contribution in [0.25, 0.3) is 0 Å². The summed E-state index contributed by atoms with van der Waals surface area (Å²) in [5.41, 5.74) is 4.95. The highest BCUT2D eigenvalue weighted by Gasteiger charge is 2.21. The van der Waals surface area contributed by atoms with Crippen molar-refractivity contribution in [2.24, 2.45) is 12.9 Å². The van der Waals surface area contributed by atoms with Gasteiger partial charge in [0.2, 0.25) is 0 Å². The van der Waals surface area contributed by atoms with Crippen LogP contribution in [-0.4, -0.2) is 15.0 Å². The van der Waals surface area contributed by atoms with Crippen LogP contribution in [0, 0.1) is 12.7 Å². The van der Waals surface area contributed by atoms with Gasteiger partial charge in [0.25, 0.3) is 0 Å². The maximum Gasteiger partial charge on any atom is 0.153 e. The first-order chi connectivity index (χ1) is 8.52. The summed E-state index contributed by atoms with van der Waals surface area (Å²) in [6.07, 6.45) is 0. The smallest absolute Gasteiger partial charge is 0.153 e. The summed E-state index contributed by atoms with van der Waals surface area (Å²) in [7, 11) is 1.75. The number of aromatic nitrogens is 3. The Labute approximate surface area is 112 Å². The molecule has 2 rings (SSSR count). The van der Waals surface area contributed by atoms with E-state index in [4.69, 9.17) is 5.84 Å². The highest BCUT2D eigenvalue weighted by Crippen LogP contribution is 2.27. The molecule has 0 bridgehead atoms. The van der Waals surface area contributed by atoms with Gasteiger partial charge in [-0.2, -0.15) is 0 Å². The van der Waals surface area contributed by atoms with E-state index in [9.17, 15) is 4.39 Å². The minimum Gasteiger partial charge on any atom is -0.271 e. The van der Waals surface area contributed by atoms with Gasteiger partial charge in [-0.15, -0.1) is 5.10 Å². The zero-order valence-corrected chi connectivity index (χ0v) is 11.6. The second-order valence-electron chi connectivity index (χ2n) is 4.05. The van der Waals surface area contributed by atoms with E-state index in [0.717, 1.165) is 16.8 Å². The number of hydrazine groups is 1. The van der Waals surface area contributed by atoms with E-state index < -0.39 is 0 Å². The molecule has 7 heteroatoms. The maximum atomic E-state index is 13.4. The fourth-order valence-corrected chi connectivity index (χ4v) is 2.47. The van der Waals surface area contributed by atoms with Gasteiger partial charge in [-0.05, 0) is 46.1 Å². The predicted molar refractivity (Wildman–Crippen MR) is 69.0 cm³/mol. The van der Waals surface area contributed by atoms with Gasteiger partial charge < -0.3 is 0 Å². The SMILES string of the molecule is Cc1cc(F)cc(C(NN)c2c(Br)nnn2C)c1. The monoisotopic (exact) mass is 313 g/mol. The van der Waals surface area contributed by atoms with E-state index in [2.05, 4.69) is 31.7 Å². The van der Waals surface area contributed by atoms with Crippen molar-refractivity contribution in [1.82, 2.24) is 20.4 Å². The topological polar surface area (TPSA) is 68.8 Å². The van der Waals surface area contributed by atoms with E-state index in [1.165, 1.54) is 12.1 Å². The molecule has 0 fully saturated rings. The summed E-state index contributed by atoms with van der Waals surface area (Å²) in [6, 6.07) is 4.39. The Morgan fingerprint density at radius 3 is 2.67 bits per heavy atom. The Morgan fingerprint density at radius 1 is 1.44 bits per heavy atom. The second kappa shape index (κ2) is 5.13. The van der Waals surface area contributed by atoms with Gasteiger partial charge in [0.1, 0.15) is 5.82 Å². The van der Waals surface area contributed by atoms with Crippen molar-refractivity contribution in [2.45, 2.75) is 13.0 Å². The van der Waals surface area contributed by atoms with Gasteiger partial charge in [-0.25, -0.2) is 14.5 Å². The molecule has 0 amide bonds. The molecule has 0 spiro atoms. The highest BCUT2D eigenvalue weighted by molar-refractivity contribution is 9.10. The molecule has 0 aliphatic heterocycles. The van der Waals surface area contributed by atoms with Crippen molar-refractivity contribution in [3.05, 3.63) is 45.4 Å². The number of nitrogens with two attached hydrogens (primary N) is 1. The first-order valence-corrected chi connectivity index (χ1v) is 6.10. The summed E-state index contributed by atoms with van der Waals surface area (Å²) in [4.78, 5) is 0.